The summed E-state index contributed by atoms with van der Waals surface area (Å²) in [7, 11) is 0. The number of anilines is 1. The molecule has 3 nitrogen and oxygen atoms in total. The van der Waals surface area contributed by atoms with Crippen LogP contribution >= 0.6 is 0 Å². The molecule has 1 rings (SSSR count). The molecule has 0 saturated carbocycles. The lowest BCUT2D eigenvalue weighted by atomic mass is 10.1. The average molecular weight is 188 g/mol. The fourth-order valence-corrected chi connectivity index (χ4v) is 1.12. The lowest BCUT2D eigenvalue weighted by molar-refractivity contribution is 0.0977. The van der Waals surface area contributed by atoms with Gasteiger partial charge >= 0.3 is 0 Å². The average Bonchev–Trinajstić information content (AvgIpc) is 2.18. The summed E-state index contributed by atoms with van der Waals surface area (Å²) in [5.41, 5.74) is 6.38. The number of hydrogen-bond acceptors (Lipinski definition) is 3. The van der Waals surface area contributed by atoms with E-state index in [9.17, 15) is 4.79 Å². The van der Waals surface area contributed by atoms with Gasteiger partial charge in [-0.05, 0) is 18.6 Å². The molecule has 0 bridgehead atoms. The zero-order valence-corrected chi connectivity index (χ0v) is 7.86. The smallest absolute Gasteiger partial charge is 0.183 e. The van der Waals surface area contributed by atoms with E-state index in [2.05, 4.69) is 10.9 Å². The van der Waals surface area contributed by atoms with Crippen molar-refractivity contribution in [1.82, 2.24) is 4.98 Å². The lowest BCUT2D eigenvalue weighted by Gasteiger charge is -2.01. The van der Waals surface area contributed by atoms with E-state index in [1.54, 1.807) is 18.3 Å². The quantitative estimate of drug-likeness (QED) is 0.444. The largest absolute Gasteiger partial charge is 0.397 e. The Morgan fingerprint density at radius 1 is 1.64 bits per heavy atom. The van der Waals surface area contributed by atoms with Crippen molar-refractivity contribution in [1.29, 1.82) is 0 Å². The van der Waals surface area contributed by atoms with Gasteiger partial charge in [0.2, 0.25) is 0 Å². The summed E-state index contributed by atoms with van der Waals surface area (Å²) >= 11 is 0. The van der Waals surface area contributed by atoms with Crippen LogP contribution in [-0.2, 0) is 0 Å². The fourth-order valence-electron chi connectivity index (χ4n) is 1.12. The van der Waals surface area contributed by atoms with E-state index in [4.69, 9.17) is 12.2 Å². The SMILES string of the molecule is C#CCCCC(=O)c1ncccc1N. The molecule has 0 aliphatic carbocycles. The molecule has 14 heavy (non-hydrogen) atoms. The lowest BCUT2D eigenvalue weighted by Crippen LogP contribution is -2.05. The molecule has 1 heterocycles. The highest BCUT2D eigenvalue weighted by Crippen LogP contribution is 2.11. The molecule has 0 atom stereocenters. The van der Waals surface area contributed by atoms with Gasteiger partial charge in [0.1, 0.15) is 5.69 Å². The standard InChI is InChI=1S/C11H12N2O/c1-2-3-4-7-10(14)11-9(12)6-5-8-13-11/h1,5-6,8H,3-4,7,12H2. The van der Waals surface area contributed by atoms with Crippen molar-refractivity contribution >= 4 is 11.5 Å². The molecule has 0 unspecified atom stereocenters. The second kappa shape index (κ2) is 5.03. The summed E-state index contributed by atoms with van der Waals surface area (Å²) in [5, 5.41) is 0. The van der Waals surface area contributed by atoms with Gasteiger partial charge in [0.05, 0.1) is 5.69 Å². The molecule has 0 aromatic carbocycles. The number of carbonyl (C=O) groups is 1. The van der Waals surface area contributed by atoms with Crippen LogP contribution in [0.15, 0.2) is 18.3 Å². The van der Waals surface area contributed by atoms with Gasteiger partial charge in [-0.3, -0.25) is 9.78 Å². The number of nitrogens with two attached hydrogens (primary N) is 1. The second-order valence-corrected chi connectivity index (χ2v) is 2.92. The Morgan fingerprint density at radius 3 is 3.07 bits per heavy atom. The van der Waals surface area contributed by atoms with Gasteiger partial charge in [-0.25, -0.2) is 0 Å². The van der Waals surface area contributed by atoms with E-state index >= 15 is 0 Å². The Morgan fingerprint density at radius 2 is 2.43 bits per heavy atom. The Hall–Kier alpha value is -1.82. The number of ketones is 1. The van der Waals surface area contributed by atoms with Crippen LogP contribution in [0.3, 0.4) is 0 Å². The predicted octanol–water partition coefficient (Wildman–Crippen LogP) is 1.65. The molecule has 72 valence electrons. The van der Waals surface area contributed by atoms with Crippen LogP contribution < -0.4 is 5.73 Å². The summed E-state index contributed by atoms with van der Waals surface area (Å²) in [5.74, 6) is 2.44. The summed E-state index contributed by atoms with van der Waals surface area (Å²) in [6.45, 7) is 0. The number of unbranched alkanes of at least 4 members (excludes halogenated alkanes) is 1. The number of hydrogen-bond donors (Lipinski definition) is 1. The number of Topliss-reactive ketones (excluding diaryl/α,β-unsaturated/α-hetero) is 1. The first-order chi connectivity index (χ1) is 6.75. The van der Waals surface area contributed by atoms with Crippen molar-refractivity contribution in [2.24, 2.45) is 0 Å². The molecule has 0 fully saturated rings. The fraction of sp³-hybridized carbons (Fsp3) is 0.273. The Labute approximate surface area is 83.3 Å². The number of nitrogens with zero attached hydrogens (tertiary/aromatic N) is 1. The van der Waals surface area contributed by atoms with Gasteiger partial charge in [0, 0.05) is 19.0 Å². The van der Waals surface area contributed by atoms with Gasteiger partial charge < -0.3 is 5.73 Å². The van der Waals surface area contributed by atoms with Gasteiger partial charge in [-0.2, -0.15) is 0 Å². The van der Waals surface area contributed by atoms with Gasteiger partial charge in [0.15, 0.2) is 5.78 Å². The van der Waals surface area contributed by atoms with Crippen LogP contribution in [-0.4, -0.2) is 10.8 Å². The molecule has 0 aliphatic rings. The van der Waals surface area contributed by atoms with Gasteiger partial charge in [-0.15, -0.1) is 12.3 Å². The molecular weight excluding hydrogens is 176 g/mol. The van der Waals surface area contributed by atoms with Crippen LogP contribution in [0.25, 0.3) is 0 Å². The number of aromatic nitrogens is 1. The first-order valence-electron chi connectivity index (χ1n) is 4.43. The molecular formula is C11H12N2O. The number of nitrogen functional groups attached to an aromatic ring is 1. The van der Waals surface area contributed by atoms with E-state index in [1.165, 1.54) is 0 Å². The minimum atomic E-state index is -0.0432. The third-order valence-electron chi connectivity index (χ3n) is 1.83. The molecule has 0 spiro atoms. The Balaban J connectivity index is 2.62. The van der Waals surface area contributed by atoms with Crippen LogP contribution in [0, 0.1) is 12.3 Å². The second-order valence-electron chi connectivity index (χ2n) is 2.92. The molecule has 1 aromatic heterocycles. The van der Waals surface area contributed by atoms with Crippen LogP contribution in [0.1, 0.15) is 29.8 Å². The molecule has 2 N–H and O–H groups in total. The van der Waals surface area contributed by atoms with Gasteiger partial charge in [-0.1, -0.05) is 0 Å². The highest BCUT2D eigenvalue weighted by atomic mass is 16.1. The van der Waals surface area contributed by atoms with E-state index in [-0.39, 0.29) is 5.78 Å². The number of rotatable bonds is 4. The monoisotopic (exact) mass is 188 g/mol. The number of carbonyl (C=O) groups excluding carboxylic acids is 1. The van der Waals surface area contributed by atoms with Gasteiger partial charge in [0.25, 0.3) is 0 Å². The molecule has 0 saturated heterocycles. The third-order valence-corrected chi connectivity index (χ3v) is 1.83. The van der Waals surface area contributed by atoms with Crippen molar-refractivity contribution in [3.63, 3.8) is 0 Å². The topological polar surface area (TPSA) is 56.0 Å². The zero-order valence-electron chi connectivity index (χ0n) is 7.86. The van der Waals surface area contributed by atoms with Crippen molar-refractivity contribution in [3.05, 3.63) is 24.0 Å². The maximum Gasteiger partial charge on any atom is 0.183 e. The van der Waals surface area contributed by atoms with Crippen molar-refractivity contribution in [2.75, 3.05) is 5.73 Å². The third kappa shape index (κ3) is 2.60. The summed E-state index contributed by atoms with van der Waals surface area (Å²) in [4.78, 5) is 15.5. The van der Waals surface area contributed by atoms with Crippen molar-refractivity contribution in [2.45, 2.75) is 19.3 Å². The van der Waals surface area contributed by atoms with Crippen LogP contribution in [0.4, 0.5) is 5.69 Å². The van der Waals surface area contributed by atoms with Crippen LogP contribution in [0.2, 0.25) is 0 Å². The molecule has 0 radical (unpaired) electrons. The molecule has 3 heteroatoms. The van der Waals surface area contributed by atoms with E-state index in [0.717, 1.165) is 0 Å². The normalized spacial score (nSPS) is 9.36. The van der Waals surface area contributed by atoms with E-state index in [1.807, 2.05) is 0 Å². The summed E-state index contributed by atoms with van der Waals surface area (Å²) in [6.07, 6.45) is 8.35. The Kier molecular flexibility index (Phi) is 3.69. The highest BCUT2D eigenvalue weighted by molar-refractivity contribution is 5.98. The predicted molar refractivity (Wildman–Crippen MR) is 55.7 cm³/mol. The maximum absolute atomic E-state index is 11.5. The maximum atomic E-state index is 11.5. The summed E-state index contributed by atoms with van der Waals surface area (Å²) < 4.78 is 0. The van der Waals surface area contributed by atoms with Crippen LogP contribution in [0.5, 0.6) is 0 Å². The van der Waals surface area contributed by atoms with Crippen molar-refractivity contribution < 1.29 is 4.79 Å². The van der Waals surface area contributed by atoms with E-state index in [0.29, 0.717) is 30.6 Å². The number of terminal acetylenes is 1. The summed E-state index contributed by atoms with van der Waals surface area (Å²) in [6, 6.07) is 3.37. The first kappa shape index (κ1) is 10.3. The molecule has 0 aliphatic heterocycles. The van der Waals surface area contributed by atoms with Crippen molar-refractivity contribution in [3.8, 4) is 12.3 Å². The molecule has 0 amide bonds. The minimum Gasteiger partial charge on any atom is -0.397 e. The highest BCUT2D eigenvalue weighted by Gasteiger charge is 2.09. The minimum absolute atomic E-state index is 0.0432. The molecule has 1 aromatic rings. The zero-order chi connectivity index (χ0) is 10.4. The Bertz CT molecular complexity index is 366. The van der Waals surface area contributed by atoms with E-state index < -0.39 is 0 Å². The first-order valence-corrected chi connectivity index (χ1v) is 4.43. The number of pyridine rings is 1.